The van der Waals surface area contributed by atoms with Crippen LogP contribution in [0.5, 0.6) is 0 Å². The van der Waals surface area contributed by atoms with Crippen molar-refractivity contribution in [1.82, 2.24) is 9.97 Å². The van der Waals surface area contributed by atoms with Gasteiger partial charge in [0.05, 0.1) is 18.1 Å². The first-order valence-corrected chi connectivity index (χ1v) is 5.53. The van der Waals surface area contributed by atoms with Crippen molar-refractivity contribution in [3.05, 3.63) is 34.3 Å². The van der Waals surface area contributed by atoms with Gasteiger partial charge in [0.25, 0.3) is 0 Å². The van der Waals surface area contributed by atoms with Crippen LogP contribution in [-0.4, -0.2) is 9.97 Å². The minimum absolute atomic E-state index is 0.576. The first kappa shape index (κ1) is 9.92. The van der Waals surface area contributed by atoms with E-state index in [4.69, 9.17) is 5.73 Å². The number of thiophene rings is 1. The smallest absolute Gasteiger partial charge is 0.222 e. The monoisotopic (exact) mass is 220 g/mol. The topological polar surface area (TPSA) is 63.8 Å². The summed E-state index contributed by atoms with van der Waals surface area (Å²) in [5.74, 6) is 0.606. The Labute approximate surface area is 92.2 Å². The first-order chi connectivity index (χ1) is 7.25. The predicted molar refractivity (Wildman–Crippen MR) is 62.8 cm³/mol. The predicted octanol–water partition coefficient (Wildman–Crippen LogP) is 2.04. The Kier molecular flexibility index (Phi) is 2.82. The van der Waals surface area contributed by atoms with Crippen LogP contribution in [0.25, 0.3) is 0 Å². The lowest BCUT2D eigenvalue weighted by atomic mass is 10.2. The van der Waals surface area contributed by atoms with Crippen molar-refractivity contribution in [2.75, 3.05) is 11.1 Å². The van der Waals surface area contributed by atoms with Gasteiger partial charge in [-0.3, -0.25) is 0 Å². The molecule has 0 aliphatic carbocycles. The summed E-state index contributed by atoms with van der Waals surface area (Å²) in [6, 6.07) is 0. The largest absolute Gasteiger partial charge is 0.396 e. The fourth-order valence-corrected chi connectivity index (χ4v) is 2.03. The molecule has 0 amide bonds. The molecule has 78 valence electrons. The highest BCUT2D eigenvalue weighted by Crippen LogP contribution is 2.14. The maximum Gasteiger partial charge on any atom is 0.222 e. The third kappa shape index (κ3) is 2.44. The van der Waals surface area contributed by atoms with Crippen LogP contribution in [0.1, 0.15) is 11.1 Å². The van der Waals surface area contributed by atoms with Crippen molar-refractivity contribution in [2.45, 2.75) is 13.5 Å². The number of anilines is 2. The Bertz CT molecular complexity index is 435. The molecule has 2 aromatic heterocycles. The molecule has 0 radical (unpaired) electrons. The average molecular weight is 220 g/mol. The van der Waals surface area contributed by atoms with Crippen molar-refractivity contribution in [1.29, 1.82) is 0 Å². The molecular weight excluding hydrogens is 208 g/mol. The molecule has 0 aliphatic rings. The summed E-state index contributed by atoms with van der Waals surface area (Å²) in [5, 5.41) is 7.39. The summed E-state index contributed by atoms with van der Waals surface area (Å²) in [6.45, 7) is 2.84. The molecular formula is C10H12N4S. The molecule has 2 heterocycles. The highest BCUT2D eigenvalue weighted by atomic mass is 32.1. The van der Waals surface area contributed by atoms with E-state index >= 15 is 0 Å². The zero-order chi connectivity index (χ0) is 10.7. The molecule has 0 bridgehead atoms. The van der Waals surface area contributed by atoms with E-state index in [0.717, 1.165) is 6.54 Å². The van der Waals surface area contributed by atoms with Crippen LogP contribution < -0.4 is 11.1 Å². The summed E-state index contributed by atoms with van der Waals surface area (Å²) < 4.78 is 0. The molecule has 2 rings (SSSR count). The van der Waals surface area contributed by atoms with Crippen molar-refractivity contribution >= 4 is 23.0 Å². The van der Waals surface area contributed by atoms with Gasteiger partial charge in [-0.2, -0.15) is 11.3 Å². The maximum atomic E-state index is 5.49. The molecule has 0 aliphatic heterocycles. The molecule has 4 nitrogen and oxygen atoms in total. The maximum absolute atomic E-state index is 5.49. The van der Waals surface area contributed by atoms with E-state index in [1.54, 1.807) is 23.7 Å². The zero-order valence-corrected chi connectivity index (χ0v) is 9.21. The van der Waals surface area contributed by atoms with Gasteiger partial charge in [-0.25, -0.2) is 9.97 Å². The Morgan fingerprint density at radius 2 is 2.07 bits per heavy atom. The van der Waals surface area contributed by atoms with E-state index in [0.29, 0.717) is 11.6 Å². The van der Waals surface area contributed by atoms with Crippen LogP contribution in [0.2, 0.25) is 0 Å². The van der Waals surface area contributed by atoms with Gasteiger partial charge in [0, 0.05) is 6.54 Å². The quantitative estimate of drug-likeness (QED) is 0.830. The second-order valence-electron chi connectivity index (χ2n) is 3.27. The highest BCUT2D eigenvalue weighted by Gasteiger charge is 2.00. The number of nitrogens with two attached hydrogens (primary N) is 1. The summed E-state index contributed by atoms with van der Waals surface area (Å²) in [6.07, 6.45) is 3.19. The highest BCUT2D eigenvalue weighted by molar-refractivity contribution is 7.08. The third-order valence-electron chi connectivity index (χ3n) is 2.07. The Hall–Kier alpha value is -1.62. The minimum Gasteiger partial charge on any atom is -0.396 e. The van der Waals surface area contributed by atoms with Gasteiger partial charge in [0.2, 0.25) is 5.95 Å². The number of hydrogen-bond acceptors (Lipinski definition) is 5. The van der Waals surface area contributed by atoms with E-state index in [1.165, 1.54) is 11.1 Å². The molecule has 0 fully saturated rings. The number of hydrogen-bond donors (Lipinski definition) is 2. The normalized spacial score (nSPS) is 10.2. The van der Waals surface area contributed by atoms with Gasteiger partial charge in [-0.05, 0) is 28.8 Å². The van der Waals surface area contributed by atoms with Crippen LogP contribution in [0, 0.1) is 6.92 Å². The van der Waals surface area contributed by atoms with Gasteiger partial charge >= 0.3 is 0 Å². The average Bonchev–Trinajstić information content (AvgIpc) is 2.63. The number of rotatable bonds is 3. The van der Waals surface area contributed by atoms with Crippen molar-refractivity contribution in [2.24, 2.45) is 0 Å². The standard InChI is InChI=1S/C10H12N4S/c1-7-5-15-6-8(7)2-12-10-13-3-9(11)4-14-10/h3-6H,2,11H2,1H3,(H,12,13,14). The van der Waals surface area contributed by atoms with E-state index in [1.807, 2.05) is 0 Å². The Balaban J connectivity index is 1.99. The zero-order valence-electron chi connectivity index (χ0n) is 8.40. The van der Waals surface area contributed by atoms with Crippen molar-refractivity contribution < 1.29 is 0 Å². The summed E-state index contributed by atoms with van der Waals surface area (Å²) in [7, 11) is 0. The second-order valence-corrected chi connectivity index (χ2v) is 4.02. The molecule has 15 heavy (non-hydrogen) atoms. The van der Waals surface area contributed by atoms with Crippen LogP contribution >= 0.6 is 11.3 Å². The number of aromatic nitrogens is 2. The van der Waals surface area contributed by atoms with Crippen LogP contribution in [0.3, 0.4) is 0 Å². The van der Waals surface area contributed by atoms with Crippen LogP contribution in [-0.2, 0) is 6.54 Å². The third-order valence-corrected chi connectivity index (χ3v) is 2.98. The lowest BCUT2D eigenvalue weighted by molar-refractivity contribution is 1.05. The lowest BCUT2D eigenvalue weighted by Crippen LogP contribution is -2.03. The molecule has 0 spiro atoms. The van der Waals surface area contributed by atoms with Gasteiger partial charge in [-0.15, -0.1) is 0 Å². The van der Waals surface area contributed by atoms with Crippen molar-refractivity contribution in [3.63, 3.8) is 0 Å². The summed E-state index contributed by atoms with van der Waals surface area (Å²) in [5.41, 5.74) is 8.64. The summed E-state index contributed by atoms with van der Waals surface area (Å²) >= 11 is 1.70. The van der Waals surface area contributed by atoms with Gasteiger partial charge in [0.15, 0.2) is 0 Å². The van der Waals surface area contributed by atoms with Gasteiger partial charge < -0.3 is 11.1 Å². The molecule has 0 saturated heterocycles. The van der Waals surface area contributed by atoms with Gasteiger partial charge in [-0.1, -0.05) is 0 Å². The number of nitrogens with one attached hydrogen (secondary N) is 1. The molecule has 0 atom stereocenters. The SMILES string of the molecule is Cc1cscc1CNc1ncc(N)cn1. The molecule has 2 aromatic rings. The lowest BCUT2D eigenvalue weighted by Gasteiger charge is -2.03. The molecule has 0 saturated carbocycles. The molecule has 0 aromatic carbocycles. The number of nitrogen functional groups attached to an aromatic ring is 1. The number of aryl methyl sites for hydroxylation is 1. The Morgan fingerprint density at radius 3 is 2.67 bits per heavy atom. The molecule has 5 heteroatoms. The van der Waals surface area contributed by atoms with E-state index in [-0.39, 0.29) is 0 Å². The van der Waals surface area contributed by atoms with Crippen LogP contribution in [0.15, 0.2) is 23.2 Å². The fraction of sp³-hybridized carbons (Fsp3) is 0.200. The molecule has 3 N–H and O–H groups in total. The van der Waals surface area contributed by atoms with Crippen LogP contribution in [0.4, 0.5) is 11.6 Å². The molecule has 0 unspecified atom stereocenters. The fourth-order valence-electron chi connectivity index (χ4n) is 1.17. The van der Waals surface area contributed by atoms with Gasteiger partial charge in [0.1, 0.15) is 0 Å². The van der Waals surface area contributed by atoms with E-state index in [2.05, 4.69) is 33.0 Å². The first-order valence-electron chi connectivity index (χ1n) is 4.59. The van der Waals surface area contributed by atoms with Crippen molar-refractivity contribution in [3.8, 4) is 0 Å². The number of nitrogens with zero attached hydrogens (tertiary/aromatic N) is 2. The van der Waals surface area contributed by atoms with E-state index < -0.39 is 0 Å². The van der Waals surface area contributed by atoms with E-state index in [9.17, 15) is 0 Å². The Morgan fingerprint density at radius 1 is 1.33 bits per heavy atom. The summed E-state index contributed by atoms with van der Waals surface area (Å²) in [4.78, 5) is 8.13. The second kappa shape index (κ2) is 4.27. The minimum atomic E-state index is 0.576.